The van der Waals surface area contributed by atoms with Gasteiger partial charge in [-0.3, -0.25) is 0 Å². The summed E-state index contributed by atoms with van der Waals surface area (Å²) in [6, 6.07) is 8.30. The summed E-state index contributed by atoms with van der Waals surface area (Å²) in [4.78, 5) is 0. The van der Waals surface area contributed by atoms with E-state index >= 15 is 0 Å². The van der Waals surface area contributed by atoms with E-state index in [9.17, 15) is 0 Å². The third-order valence-electron chi connectivity index (χ3n) is 2.17. The minimum atomic E-state index is -1.48. The van der Waals surface area contributed by atoms with Crippen LogP contribution in [0.1, 0.15) is 24.9 Å². The van der Waals surface area contributed by atoms with Crippen molar-refractivity contribution in [2.45, 2.75) is 39.0 Å². The van der Waals surface area contributed by atoms with Crippen molar-refractivity contribution in [1.82, 2.24) is 0 Å². The molecule has 0 bridgehead atoms. The molecule has 15 heavy (non-hydrogen) atoms. The molecular formula is C12H21NOSi. The van der Waals surface area contributed by atoms with Gasteiger partial charge in [0.05, 0.1) is 0 Å². The average Bonchev–Trinajstić information content (AvgIpc) is 2.15. The van der Waals surface area contributed by atoms with Crippen LogP contribution in [0.5, 0.6) is 5.75 Å². The van der Waals surface area contributed by atoms with Crippen molar-refractivity contribution >= 4 is 8.32 Å². The number of rotatable bonds is 4. The molecule has 0 aliphatic carbocycles. The SMILES string of the molecule is CCC(N)c1ccc(O[Si](C)(C)C)cc1. The van der Waals surface area contributed by atoms with Crippen molar-refractivity contribution in [3.05, 3.63) is 29.8 Å². The van der Waals surface area contributed by atoms with Crippen LogP contribution in [0.4, 0.5) is 0 Å². The summed E-state index contributed by atoms with van der Waals surface area (Å²) in [6.07, 6.45) is 0.966. The Bertz CT molecular complexity index is 302. The molecule has 0 aliphatic heterocycles. The molecule has 0 heterocycles. The molecule has 2 nitrogen and oxygen atoms in total. The fraction of sp³-hybridized carbons (Fsp3) is 0.500. The van der Waals surface area contributed by atoms with E-state index in [0.29, 0.717) is 0 Å². The maximum atomic E-state index is 5.94. The summed E-state index contributed by atoms with van der Waals surface area (Å²) in [5.74, 6) is 0.959. The lowest BCUT2D eigenvalue weighted by Gasteiger charge is -2.19. The Labute approximate surface area is 93.6 Å². The van der Waals surface area contributed by atoms with Gasteiger partial charge >= 0.3 is 0 Å². The molecule has 1 rings (SSSR count). The summed E-state index contributed by atoms with van der Waals surface area (Å²) in [7, 11) is -1.48. The number of hydrogen-bond acceptors (Lipinski definition) is 2. The van der Waals surface area contributed by atoms with Gasteiger partial charge in [-0.25, -0.2) is 0 Å². The van der Waals surface area contributed by atoms with Gasteiger partial charge in [-0.15, -0.1) is 0 Å². The highest BCUT2D eigenvalue weighted by Gasteiger charge is 2.16. The standard InChI is InChI=1S/C12H21NOSi/c1-5-12(13)10-6-8-11(9-7-10)14-15(2,3)4/h6-9,12H,5,13H2,1-4H3. The van der Waals surface area contributed by atoms with Gasteiger partial charge in [0.1, 0.15) is 5.75 Å². The molecular weight excluding hydrogens is 202 g/mol. The van der Waals surface area contributed by atoms with Gasteiger partial charge in [0.25, 0.3) is 0 Å². The molecule has 84 valence electrons. The second-order valence-corrected chi connectivity index (χ2v) is 9.23. The minimum absolute atomic E-state index is 0.144. The van der Waals surface area contributed by atoms with E-state index in [4.69, 9.17) is 10.2 Å². The van der Waals surface area contributed by atoms with Gasteiger partial charge in [-0.2, -0.15) is 0 Å². The van der Waals surface area contributed by atoms with Gasteiger partial charge in [0, 0.05) is 6.04 Å². The molecule has 1 atom stereocenters. The Morgan fingerprint density at radius 2 is 1.73 bits per heavy atom. The van der Waals surface area contributed by atoms with Gasteiger partial charge in [-0.1, -0.05) is 19.1 Å². The first-order chi connectivity index (χ1) is 6.92. The predicted molar refractivity (Wildman–Crippen MR) is 67.6 cm³/mol. The van der Waals surface area contributed by atoms with Crippen LogP contribution in [0.15, 0.2) is 24.3 Å². The Kier molecular flexibility index (Phi) is 3.94. The third-order valence-corrected chi connectivity index (χ3v) is 3.02. The van der Waals surface area contributed by atoms with Gasteiger partial charge in [0.15, 0.2) is 0 Å². The van der Waals surface area contributed by atoms with Crippen molar-refractivity contribution in [2.75, 3.05) is 0 Å². The highest BCUT2D eigenvalue weighted by molar-refractivity contribution is 6.70. The molecule has 1 aromatic rings. The zero-order valence-electron chi connectivity index (χ0n) is 10.1. The van der Waals surface area contributed by atoms with Crippen LogP contribution in [-0.2, 0) is 0 Å². The lowest BCUT2D eigenvalue weighted by atomic mass is 10.1. The van der Waals surface area contributed by atoms with E-state index in [-0.39, 0.29) is 6.04 Å². The van der Waals surface area contributed by atoms with Crippen molar-refractivity contribution < 1.29 is 4.43 Å². The van der Waals surface area contributed by atoms with Crippen LogP contribution in [-0.4, -0.2) is 8.32 Å². The van der Waals surface area contributed by atoms with E-state index in [2.05, 4.69) is 38.7 Å². The van der Waals surface area contributed by atoms with Crippen LogP contribution in [0.3, 0.4) is 0 Å². The maximum absolute atomic E-state index is 5.94. The van der Waals surface area contributed by atoms with Gasteiger partial charge in [0.2, 0.25) is 8.32 Å². The highest BCUT2D eigenvalue weighted by Crippen LogP contribution is 2.20. The van der Waals surface area contributed by atoms with Crippen LogP contribution < -0.4 is 10.2 Å². The van der Waals surface area contributed by atoms with Crippen LogP contribution in [0.25, 0.3) is 0 Å². The lowest BCUT2D eigenvalue weighted by molar-refractivity contribution is 0.556. The molecule has 0 aliphatic rings. The summed E-state index contributed by atoms with van der Waals surface area (Å²) < 4.78 is 5.87. The lowest BCUT2D eigenvalue weighted by Crippen LogP contribution is -2.29. The number of benzene rings is 1. The Morgan fingerprint density at radius 3 is 2.13 bits per heavy atom. The maximum Gasteiger partial charge on any atom is 0.242 e. The molecule has 1 unspecified atom stereocenters. The van der Waals surface area contributed by atoms with E-state index in [1.807, 2.05) is 12.1 Å². The molecule has 0 spiro atoms. The summed E-state index contributed by atoms with van der Waals surface area (Å²) >= 11 is 0. The monoisotopic (exact) mass is 223 g/mol. The predicted octanol–water partition coefficient (Wildman–Crippen LogP) is 3.31. The topological polar surface area (TPSA) is 35.2 Å². The molecule has 0 radical (unpaired) electrons. The van der Waals surface area contributed by atoms with E-state index in [1.54, 1.807) is 0 Å². The van der Waals surface area contributed by atoms with E-state index in [0.717, 1.165) is 12.2 Å². The van der Waals surface area contributed by atoms with E-state index in [1.165, 1.54) is 5.56 Å². The van der Waals surface area contributed by atoms with E-state index < -0.39 is 8.32 Å². The highest BCUT2D eigenvalue weighted by atomic mass is 28.4. The Balaban J connectivity index is 2.72. The second-order valence-electron chi connectivity index (χ2n) is 4.80. The quantitative estimate of drug-likeness (QED) is 0.795. The Morgan fingerprint density at radius 1 is 1.20 bits per heavy atom. The van der Waals surface area contributed by atoms with Gasteiger partial charge in [-0.05, 0) is 43.8 Å². The molecule has 0 saturated heterocycles. The van der Waals surface area contributed by atoms with Crippen molar-refractivity contribution in [1.29, 1.82) is 0 Å². The van der Waals surface area contributed by atoms with Crippen LogP contribution in [0.2, 0.25) is 19.6 Å². The fourth-order valence-corrected chi connectivity index (χ4v) is 2.22. The first-order valence-corrected chi connectivity index (χ1v) is 8.88. The minimum Gasteiger partial charge on any atom is -0.544 e. The van der Waals surface area contributed by atoms with Crippen LogP contribution >= 0.6 is 0 Å². The molecule has 0 aromatic heterocycles. The number of hydrogen-bond donors (Lipinski definition) is 1. The van der Waals surface area contributed by atoms with Crippen molar-refractivity contribution in [3.8, 4) is 5.75 Å². The second kappa shape index (κ2) is 4.81. The third kappa shape index (κ3) is 4.06. The first kappa shape index (κ1) is 12.3. The normalized spacial score (nSPS) is 13.7. The smallest absolute Gasteiger partial charge is 0.242 e. The zero-order valence-corrected chi connectivity index (χ0v) is 11.1. The largest absolute Gasteiger partial charge is 0.544 e. The van der Waals surface area contributed by atoms with Crippen LogP contribution in [0, 0.1) is 0 Å². The molecule has 0 fully saturated rings. The summed E-state index contributed by atoms with van der Waals surface area (Å²) in [5, 5.41) is 0. The first-order valence-electron chi connectivity index (χ1n) is 5.47. The molecule has 0 amide bonds. The molecule has 1 aromatic carbocycles. The zero-order chi connectivity index (χ0) is 11.5. The number of nitrogens with two attached hydrogens (primary N) is 1. The summed E-state index contributed by atoms with van der Waals surface area (Å²) in [5.41, 5.74) is 7.12. The average molecular weight is 223 g/mol. The molecule has 0 saturated carbocycles. The Hall–Kier alpha value is -0.803. The summed E-state index contributed by atoms with van der Waals surface area (Å²) in [6.45, 7) is 8.63. The van der Waals surface area contributed by atoms with Crippen molar-refractivity contribution in [3.63, 3.8) is 0 Å². The van der Waals surface area contributed by atoms with Gasteiger partial charge < -0.3 is 10.2 Å². The molecule has 3 heteroatoms. The van der Waals surface area contributed by atoms with Crippen molar-refractivity contribution in [2.24, 2.45) is 5.73 Å². The molecule has 2 N–H and O–H groups in total. The fourth-order valence-electron chi connectivity index (χ4n) is 1.37.